The van der Waals surface area contributed by atoms with Crippen molar-refractivity contribution >= 4 is 28.4 Å². The number of rotatable bonds is 4. The molecule has 0 atom stereocenters. The number of benzene rings is 1. The van der Waals surface area contributed by atoms with Gasteiger partial charge in [0.05, 0.1) is 6.26 Å². The van der Waals surface area contributed by atoms with Crippen LogP contribution in [-0.4, -0.2) is 17.4 Å². The molecule has 0 bridgehead atoms. The van der Waals surface area contributed by atoms with Gasteiger partial charge in [0, 0.05) is 28.2 Å². The Morgan fingerprint density at radius 1 is 1.36 bits per heavy atom. The average molecular weight is 317 g/mol. The molecule has 0 aliphatic rings. The van der Waals surface area contributed by atoms with E-state index in [0.717, 1.165) is 33.6 Å². The number of halogens is 1. The Morgan fingerprint density at radius 3 is 2.91 bits per heavy atom. The van der Waals surface area contributed by atoms with Crippen LogP contribution in [0.4, 0.5) is 0 Å². The van der Waals surface area contributed by atoms with Crippen LogP contribution in [0.3, 0.4) is 0 Å². The minimum absolute atomic E-state index is 0.197. The topological polar surface area (TPSA) is 58.0 Å². The predicted molar refractivity (Wildman–Crippen MR) is 87.5 cm³/mol. The number of carbonyl (C=O) groups excluding carboxylic acids is 1. The summed E-state index contributed by atoms with van der Waals surface area (Å²) in [7, 11) is 0. The molecule has 22 heavy (non-hydrogen) atoms. The molecule has 3 rings (SSSR count). The molecule has 0 saturated heterocycles. The summed E-state index contributed by atoms with van der Waals surface area (Å²) in [5.74, 6) is 0.131. The Bertz CT molecular complexity index is 819. The van der Waals surface area contributed by atoms with Gasteiger partial charge in [-0.25, -0.2) is 0 Å². The molecule has 2 aromatic heterocycles. The van der Waals surface area contributed by atoms with Crippen LogP contribution < -0.4 is 5.32 Å². The minimum atomic E-state index is -0.197. The number of aryl methyl sites for hydroxylation is 2. The minimum Gasteiger partial charge on any atom is -0.459 e. The van der Waals surface area contributed by atoms with Gasteiger partial charge in [0.2, 0.25) is 0 Å². The normalized spacial score (nSPS) is 11.0. The molecule has 5 heteroatoms. The fourth-order valence-electron chi connectivity index (χ4n) is 2.73. The highest BCUT2D eigenvalue weighted by Crippen LogP contribution is 2.28. The molecule has 1 aromatic carbocycles. The number of H-pyrrole nitrogens is 1. The first kappa shape index (κ1) is 14.7. The van der Waals surface area contributed by atoms with E-state index in [1.807, 2.05) is 26.0 Å². The van der Waals surface area contributed by atoms with E-state index in [0.29, 0.717) is 12.3 Å². The molecule has 114 valence electrons. The van der Waals surface area contributed by atoms with E-state index in [2.05, 4.69) is 10.3 Å². The molecule has 3 aromatic rings. The lowest BCUT2D eigenvalue weighted by molar-refractivity contribution is 0.0926. The maximum atomic E-state index is 11.9. The van der Waals surface area contributed by atoms with E-state index in [4.69, 9.17) is 16.0 Å². The molecular weight excluding hydrogens is 300 g/mol. The Labute approximate surface area is 133 Å². The third-order valence-corrected chi connectivity index (χ3v) is 4.01. The standard InChI is InChI=1S/C17H17ClN2O2/c1-10-8-12(18)9-14-13(11(2)20-16(10)14)5-6-19-17(21)15-4-3-7-22-15/h3-4,7-9,20H,5-6H2,1-2H3,(H,19,21). The first-order valence-electron chi connectivity index (χ1n) is 7.15. The number of hydrogen-bond donors (Lipinski definition) is 2. The van der Waals surface area contributed by atoms with Gasteiger partial charge in [-0.3, -0.25) is 4.79 Å². The number of fused-ring (bicyclic) bond motifs is 1. The quantitative estimate of drug-likeness (QED) is 0.764. The van der Waals surface area contributed by atoms with E-state index in [9.17, 15) is 4.79 Å². The van der Waals surface area contributed by atoms with Gasteiger partial charge in [-0.15, -0.1) is 0 Å². The van der Waals surface area contributed by atoms with Crippen molar-refractivity contribution in [2.24, 2.45) is 0 Å². The fraction of sp³-hybridized carbons (Fsp3) is 0.235. The zero-order valence-electron chi connectivity index (χ0n) is 12.5. The smallest absolute Gasteiger partial charge is 0.286 e. The zero-order valence-corrected chi connectivity index (χ0v) is 13.3. The second-order valence-electron chi connectivity index (χ2n) is 5.36. The van der Waals surface area contributed by atoms with Crippen molar-refractivity contribution in [3.8, 4) is 0 Å². The van der Waals surface area contributed by atoms with Gasteiger partial charge in [0.15, 0.2) is 5.76 Å². The summed E-state index contributed by atoms with van der Waals surface area (Å²) in [6, 6.07) is 7.26. The van der Waals surface area contributed by atoms with Gasteiger partial charge >= 0.3 is 0 Å². The zero-order chi connectivity index (χ0) is 15.7. The van der Waals surface area contributed by atoms with Crippen LogP contribution in [0.25, 0.3) is 10.9 Å². The summed E-state index contributed by atoms with van der Waals surface area (Å²) in [5, 5.41) is 4.71. The molecule has 0 radical (unpaired) electrons. The number of aromatic amines is 1. The average Bonchev–Trinajstić information content (AvgIpc) is 3.09. The predicted octanol–water partition coefficient (Wildman–Crippen LogP) is 4.00. The van der Waals surface area contributed by atoms with Gasteiger partial charge < -0.3 is 14.7 Å². The molecule has 2 heterocycles. The second kappa shape index (κ2) is 5.89. The van der Waals surface area contributed by atoms with Gasteiger partial charge in [-0.1, -0.05) is 11.6 Å². The number of furan rings is 1. The third-order valence-electron chi connectivity index (χ3n) is 3.80. The van der Waals surface area contributed by atoms with Gasteiger partial charge in [0.25, 0.3) is 5.91 Å². The van der Waals surface area contributed by atoms with E-state index in [1.54, 1.807) is 12.1 Å². The number of nitrogens with one attached hydrogen (secondary N) is 2. The monoisotopic (exact) mass is 316 g/mol. The van der Waals surface area contributed by atoms with Crippen molar-refractivity contribution < 1.29 is 9.21 Å². The Balaban J connectivity index is 1.77. The SMILES string of the molecule is Cc1[nH]c2c(C)cc(Cl)cc2c1CCNC(=O)c1ccco1. The number of hydrogen-bond acceptors (Lipinski definition) is 2. The molecule has 0 fully saturated rings. The Morgan fingerprint density at radius 2 is 2.18 bits per heavy atom. The molecule has 0 saturated carbocycles. The maximum absolute atomic E-state index is 11.9. The summed E-state index contributed by atoms with van der Waals surface area (Å²) < 4.78 is 5.07. The number of aromatic nitrogens is 1. The van der Waals surface area contributed by atoms with Crippen molar-refractivity contribution in [2.45, 2.75) is 20.3 Å². The summed E-state index contributed by atoms with van der Waals surface area (Å²) in [4.78, 5) is 15.3. The van der Waals surface area contributed by atoms with Gasteiger partial charge in [0.1, 0.15) is 0 Å². The van der Waals surface area contributed by atoms with Crippen molar-refractivity contribution in [2.75, 3.05) is 6.54 Å². The Kier molecular flexibility index (Phi) is 3.94. The summed E-state index contributed by atoms with van der Waals surface area (Å²) in [5.41, 5.74) is 4.51. The molecule has 4 nitrogen and oxygen atoms in total. The van der Waals surface area contributed by atoms with Crippen LogP contribution in [0.5, 0.6) is 0 Å². The summed E-state index contributed by atoms with van der Waals surface area (Å²) >= 11 is 6.16. The first-order valence-corrected chi connectivity index (χ1v) is 7.53. The fourth-order valence-corrected chi connectivity index (χ4v) is 3.00. The molecule has 0 unspecified atom stereocenters. The largest absolute Gasteiger partial charge is 0.459 e. The lowest BCUT2D eigenvalue weighted by Gasteiger charge is -2.05. The van der Waals surface area contributed by atoms with Crippen molar-refractivity contribution in [3.05, 3.63) is 58.1 Å². The van der Waals surface area contributed by atoms with Gasteiger partial charge in [-0.2, -0.15) is 0 Å². The lowest BCUT2D eigenvalue weighted by Crippen LogP contribution is -2.25. The number of amides is 1. The highest BCUT2D eigenvalue weighted by molar-refractivity contribution is 6.31. The molecule has 0 spiro atoms. The summed E-state index contributed by atoms with van der Waals surface area (Å²) in [6.07, 6.45) is 2.22. The molecule has 0 aliphatic carbocycles. The Hall–Kier alpha value is -2.20. The van der Waals surface area contributed by atoms with Crippen LogP contribution in [0.2, 0.25) is 5.02 Å². The van der Waals surface area contributed by atoms with Crippen LogP contribution in [0.1, 0.15) is 27.4 Å². The lowest BCUT2D eigenvalue weighted by atomic mass is 10.1. The molecular formula is C17H17ClN2O2. The van der Waals surface area contributed by atoms with Crippen molar-refractivity contribution in [3.63, 3.8) is 0 Å². The van der Waals surface area contributed by atoms with Crippen molar-refractivity contribution in [1.82, 2.24) is 10.3 Å². The van der Waals surface area contributed by atoms with Crippen LogP contribution in [0.15, 0.2) is 34.9 Å². The van der Waals surface area contributed by atoms with Gasteiger partial charge in [-0.05, 0) is 55.7 Å². The van der Waals surface area contributed by atoms with E-state index >= 15 is 0 Å². The highest BCUT2D eigenvalue weighted by Gasteiger charge is 2.12. The maximum Gasteiger partial charge on any atom is 0.286 e. The molecule has 2 N–H and O–H groups in total. The second-order valence-corrected chi connectivity index (χ2v) is 5.79. The summed E-state index contributed by atoms with van der Waals surface area (Å²) in [6.45, 7) is 4.61. The number of carbonyl (C=O) groups is 1. The van der Waals surface area contributed by atoms with Crippen LogP contribution in [0, 0.1) is 13.8 Å². The highest BCUT2D eigenvalue weighted by atomic mass is 35.5. The van der Waals surface area contributed by atoms with Crippen LogP contribution in [-0.2, 0) is 6.42 Å². The molecule has 1 amide bonds. The third kappa shape index (κ3) is 2.74. The van der Waals surface area contributed by atoms with Crippen molar-refractivity contribution in [1.29, 1.82) is 0 Å². The molecule has 0 aliphatic heterocycles. The van der Waals surface area contributed by atoms with E-state index in [1.165, 1.54) is 11.8 Å². The van der Waals surface area contributed by atoms with E-state index in [-0.39, 0.29) is 5.91 Å². The van der Waals surface area contributed by atoms with E-state index < -0.39 is 0 Å². The van der Waals surface area contributed by atoms with Crippen LogP contribution >= 0.6 is 11.6 Å². The first-order chi connectivity index (χ1) is 10.6.